The van der Waals surface area contributed by atoms with Gasteiger partial charge in [-0.2, -0.15) is 0 Å². The molecule has 0 unspecified atom stereocenters. The van der Waals surface area contributed by atoms with Crippen LogP contribution in [-0.4, -0.2) is 29.0 Å². The summed E-state index contributed by atoms with van der Waals surface area (Å²) in [6.45, 7) is 0. The van der Waals surface area contributed by atoms with Crippen molar-refractivity contribution >= 4 is 17.5 Å². The maximum Gasteiger partial charge on any atom is 0.308 e. The second-order valence-corrected chi connectivity index (χ2v) is 4.53. The maximum absolute atomic E-state index is 11.4. The third kappa shape index (κ3) is 3.18. The number of nitrogens with one attached hydrogen (secondary N) is 1. The Morgan fingerprint density at radius 1 is 1.53 bits per heavy atom. The van der Waals surface area contributed by atoms with E-state index in [9.17, 15) is 14.9 Å². The van der Waals surface area contributed by atoms with Crippen molar-refractivity contribution in [1.82, 2.24) is 4.98 Å². The molecule has 7 heteroatoms. The first-order chi connectivity index (χ1) is 9.10. The minimum absolute atomic E-state index is 0.0376. The van der Waals surface area contributed by atoms with E-state index >= 15 is 0 Å². The number of rotatable bonds is 4. The lowest BCUT2D eigenvalue weighted by molar-refractivity contribution is -0.385. The average Bonchev–Trinajstić information content (AvgIpc) is 2.87. The lowest BCUT2D eigenvalue weighted by Crippen LogP contribution is -2.19. The van der Waals surface area contributed by atoms with Gasteiger partial charge in [0.15, 0.2) is 0 Å². The lowest BCUT2D eigenvalue weighted by Gasteiger charge is -2.13. The Hall–Kier alpha value is -2.18. The summed E-state index contributed by atoms with van der Waals surface area (Å²) in [6, 6.07) is 3.13. The molecule has 2 atom stereocenters. The van der Waals surface area contributed by atoms with E-state index in [1.54, 1.807) is 6.07 Å². The van der Waals surface area contributed by atoms with E-state index in [0.717, 1.165) is 12.8 Å². The van der Waals surface area contributed by atoms with Gasteiger partial charge in [0.25, 0.3) is 5.69 Å². The molecule has 1 aromatic rings. The summed E-state index contributed by atoms with van der Waals surface area (Å²) in [5.74, 6) is 0.336. The van der Waals surface area contributed by atoms with Gasteiger partial charge in [0.1, 0.15) is 12.0 Å². The number of carbonyl (C=O) groups is 1. The van der Waals surface area contributed by atoms with E-state index in [1.165, 1.54) is 19.4 Å². The van der Waals surface area contributed by atoms with Crippen molar-refractivity contribution in [1.29, 1.82) is 0 Å². The molecule has 0 amide bonds. The number of nitrogens with zero attached hydrogens (tertiary/aromatic N) is 2. The first kappa shape index (κ1) is 13.3. The minimum atomic E-state index is -0.486. The fourth-order valence-corrected chi connectivity index (χ4v) is 2.28. The van der Waals surface area contributed by atoms with Gasteiger partial charge in [-0.05, 0) is 25.3 Å². The maximum atomic E-state index is 11.4. The van der Waals surface area contributed by atoms with Crippen molar-refractivity contribution in [2.24, 2.45) is 5.92 Å². The number of esters is 1. The predicted molar refractivity (Wildman–Crippen MR) is 67.7 cm³/mol. The molecule has 0 bridgehead atoms. The van der Waals surface area contributed by atoms with Crippen LogP contribution in [-0.2, 0) is 9.53 Å². The highest BCUT2D eigenvalue weighted by molar-refractivity contribution is 5.72. The number of carbonyl (C=O) groups excluding carboxylic acids is 1. The summed E-state index contributed by atoms with van der Waals surface area (Å²) in [4.78, 5) is 25.4. The predicted octanol–water partition coefficient (Wildman–Crippen LogP) is 1.74. The topological polar surface area (TPSA) is 94.4 Å². The molecule has 0 radical (unpaired) electrons. The fourth-order valence-electron chi connectivity index (χ4n) is 2.28. The second kappa shape index (κ2) is 5.64. The van der Waals surface area contributed by atoms with Crippen LogP contribution >= 0.6 is 0 Å². The lowest BCUT2D eigenvalue weighted by atomic mass is 10.1. The van der Waals surface area contributed by atoms with Crippen molar-refractivity contribution in [2.45, 2.75) is 25.3 Å². The average molecular weight is 265 g/mol. The van der Waals surface area contributed by atoms with E-state index in [0.29, 0.717) is 12.2 Å². The molecule has 0 aromatic carbocycles. The summed E-state index contributed by atoms with van der Waals surface area (Å²) in [7, 11) is 1.39. The summed E-state index contributed by atoms with van der Waals surface area (Å²) in [5.41, 5.74) is -0.0376. The van der Waals surface area contributed by atoms with E-state index in [4.69, 9.17) is 4.74 Å². The largest absolute Gasteiger partial charge is 0.469 e. The van der Waals surface area contributed by atoms with Gasteiger partial charge in [-0.3, -0.25) is 14.9 Å². The van der Waals surface area contributed by atoms with Crippen LogP contribution in [0.25, 0.3) is 0 Å². The Kier molecular flexibility index (Phi) is 3.94. The number of pyridine rings is 1. The van der Waals surface area contributed by atoms with E-state index < -0.39 is 4.92 Å². The van der Waals surface area contributed by atoms with Crippen LogP contribution in [0.3, 0.4) is 0 Å². The van der Waals surface area contributed by atoms with E-state index in [2.05, 4.69) is 10.3 Å². The number of hydrogen-bond acceptors (Lipinski definition) is 6. The fraction of sp³-hybridized carbons (Fsp3) is 0.500. The van der Waals surface area contributed by atoms with Gasteiger partial charge in [0, 0.05) is 12.1 Å². The minimum Gasteiger partial charge on any atom is -0.469 e. The molecule has 1 heterocycles. The number of anilines is 1. The van der Waals surface area contributed by atoms with Crippen molar-refractivity contribution in [2.75, 3.05) is 12.4 Å². The molecular weight excluding hydrogens is 250 g/mol. The van der Waals surface area contributed by atoms with Crippen molar-refractivity contribution < 1.29 is 14.5 Å². The van der Waals surface area contributed by atoms with E-state index in [-0.39, 0.29) is 23.6 Å². The van der Waals surface area contributed by atoms with Gasteiger partial charge >= 0.3 is 5.97 Å². The van der Waals surface area contributed by atoms with Gasteiger partial charge in [0.05, 0.1) is 18.0 Å². The SMILES string of the molecule is COC(=O)[C@H]1CC[C@H](Nc2ccc([N+](=O)[O-])cn2)C1. The molecule has 1 N–H and O–H groups in total. The van der Waals surface area contributed by atoms with Gasteiger partial charge in [-0.1, -0.05) is 0 Å². The van der Waals surface area contributed by atoms with Crippen LogP contribution in [0.1, 0.15) is 19.3 Å². The van der Waals surface area contributed by atoms with Crippen molar-refractivity contribution in [3.8, 4) is 0 Å². The molecular formula is C12H15N3O4. The molecule has 0 aliphatic heterocycles. The highest BCUT2D eigenvalue weighted by Gasteiger charge is 2.30. The third-order valence-corrected chi connectivity index (χ3v) is 3.28. The molecule has 7 nitrogen and oxygen atoms in total. The van der Waals surface area contributed by atoms with Gasteiger partial charge in [0.2, 0.25) is 0 Å². The first-order valence-corrected chi connectivity index (χ1v) is 6.05. The summed E-state index contributed by atoms with van der Waals surface area (Å²) >= 11 is 0. The third-order valence-electron chi connectivity index (χ3n) is 3.28. The zero-order valence-electron chi connectivity index (χ0n) is 10.5. The number of methoxy groups -OCH3 is 1. The highest BCUT2D eigenvalue weighted by atomic mass is 16.6. The van der Waals surface area contributed by atoms with Crippen LogP contribution in [0.15, 0.2) is 18.3 Å². The zero-order chi connectivity index (χ0) is 13.8. The zero-order valence-corrected chi connectivity index (χ0v) is 10.5. The molecule has 0 spiro atoms. The van der Waals surface area contributed by atoms with Gasteiger partial charge in [-0.25, -0.2) is 4.98 Å². The summed E-state index contributed by atoms with van der Waals surface area (Å²) < 4.78 is 4.72. The normalized spacial score (nSPS) is 21.9. The van der Waals surface area contributed by atoms with Crippen molar-refractivity contribution in [3.05, 3.63) is 28.4 Å². The number of nitro groups is 1. The first-order valence-electron chi connectivity index (χ1n) is 6.05. The monoisotopic (exact) mass is 265 g/mol. The molecule has 19 heavy (non-hydrogen) atoms. The van der Waals surface area contributed by atoms with E-state index in [1.807, 2.05) is 0 Å². The van der Waals surface area contributed by atoms with Gasteiger partial charge in [-0.15, -0.1) is 0 Å². The Morgan fingerprint density at radius 2 is 2.32 bits per heavy atom. The van der Waals surface area contributed by atoms with Crippen LogP contribution in [0.4, 0.5) is 11.5 Å². The Bertz CT molecular complexity index is 474. The van der Waals surface area contributed by atoms with Crippen LogP contribution < -0.4 is 5.32 Å². The molecule has 0 saturated heterocycles. The van der Waals surface area contributed by atoms with Crippen LogP contribution in [0.5, 0.6) is 0 Å². The number of aromatic nitrogens is 1. The molecule has 1 aliphatic carbocycles. The number of hydrogen-bond donors (Lipinski definition) is 1. The molecule has 1 aromatic heterocycles. The molecule has 1 fully saturated rings. The Morgan fingerprint density at radius 3 is 2.89 bits per heavy atom. The Labute approximate surface area is 110 Å². The molecule has 1 aliphatic rings. The smallest absolute Gasteiger partial charge is 0.308 e. The molecule has 2 rings (SSSR count). The van der Waals surface area contributed by atoms with Crippen molar-refractivity contribution in [3.63, 3.8) is 0 Å². The second-order valence-electron chi connectivity index (χ2n) is 4.53. The van der Waals surface area contributed by atoms with Crippen LogP contribution in [0.2, 0.25) is 0 Å². The standard InChI is InChI=1S/C12H15N3O4/c1-19-12(16)8-2-3-9(6-8)14-11-5-4-10(7-13-11)15(17)18/h4-5,7-9H,2-3,6H2,1H3,(H,13,14)/t8-,9-/m0/s1. The molecule has 1 saturated carbocycles. The Balaban J connectivity index is 1.92. The summed E-state index contributed by atoms with van der Waals surface area (Å²) in [6.07, 6.45) is 3.57. The summed E-state index contributed by atoms with van der Waals surface area (Å²) in [5, 5.41) is 13.7. The highest BCUT2D eigenvalue weighted by Crippen LogP contribution is 2.28. The van der Waals surface area contributed by atoms with Gasteiger partial charge < -0.3 is 10.1 Å². The number of ether oxygens (including phenoxy) is 1. The quantitative estimate of drug-likeness (QED) is 0.506. The van der Waals surface area contributed by atoms with Crippen LogP contribution in [0, 0.1) is 16.0 Å². The molecule has 102 valence electrons.